The monoisotopic (exact) mass is 569 g/mol. The Kier molecular flexibility index (Phi) is 7.16. The number of pyridine rings is 1. The first kappa shape index (κ1) is 26.3. The van der Waals surface area contributed by atoms with Gasteiger partial charge in [-0.3, -0.25) is 9.55 Å². The van der Waals surface area contributed by atoms with Crippen LogP contribution in [0.25, 0.3) is 17.0 Å². The Labute approximate surface area is 230 Å². The number of nitrogens with zero attached hydrogens (tertiary/aromatic N) is 9. The van der Waals surface area contributed by atoms with Gasteiger partial charge in [0.25, 0.3) is 0 Å². The molecule has 0 unspecified atom stereocenters. The van der Waals surface area contributed by atoms with Crippen LogP contribution in [0.5, 0.6) is 5.75 Å². The Bertz CT molecular complexity index is 1610. The van der Waals surface area contributed by atoms with E-state index >= 15 is 0 Å². The van der Waals surface area contributed by atoms with Gasteiger partial charge in [-0.25, -0.2) is 17.8 Å². The third-order valence-corrected chi connectivity index (χ3v) is 8.83. The molecule has 2 fully saturated rings. The molecule has 0 atom stereocenters. The van der Waals surface area contributed by atoms with Gasteiger partial charge in [0, 0.05) is 51.7 Å². The van der Waals surface area contributed by atoms with Gasteiger partial charge in [-0.15, -0.1) is 0 Å². The molecule has 1 aromatic carbocycles. The van der Waals surface area contributed by atoms with Gasteiger partial charge in [-0.05, 0) is 24.3 Å². The van der Waals surface area contributed by atoms with Crippen molar-refractivity contribution >= 4 is 33.0 Å². The Morgan fingerprint density at radius 3 is 2.25 bits per heavy atom. The van der Waals surface area contributed by atoms with Crippen LogP contribution >= 0.6 is 0 Å². The summed E-state index contributed by atoms with van der Waals surface area (Å²) in [7, 11) is -2.14. The van der Waals surface area contributed by atoms with E-state index in [2.05, 4.69) is 9.97 Å². The zero-order valence-corrected chi connectivity index (χ0v) is 22.7. The highest BCUT2D eigenvalue weighted by atomic mass is 32.2. The van der Waals surface area contributed by atoms with Crippen LogP contribution in [-0.2, 0) is 21.4 Å². The van der Waals surface area contributed by atoms with E-state index in [4.69, 9.17) is 24.4 Å². The molecular formula is C25H28FN9O4S. The summed E-state index contributed by atoms with van der Waals surface area (Å²) in [5.74, 6) is 1.68. The summed E-state index contributed by atoms with van der Waals surface area (Å²) in [5.41, 5.74) is 1.10. The predicted molar refractivity (Wildman–Crippen MR) is 144 cm³/mol. The lowest BCUT2D eigenvalue weighted by molar-refractivity contribution is 0.122. The molecule has 6 rings (SSSR count). The lowest BCUT2D eigenvalue weighted by atomic mass is 10.3. The molecule has 0 radical (unpaired) electrons. The number of halogens is 1. The Morgan fingerprint density at radius 2 is 1.60 bits per heavy atom. The number of morpholine rings is 1. The van der Waals surface area contributed by atoms with Crippen molar-refractivity contribution in [2.75, 3.05) is 69.4 Å². The van der Waals surface area contributed by atoms with Crippen molar-refractivity contribution < 1.29 is 22.3 Å². The molecular weight excluding hydrogens is 541 g/mol. The van der Waals surface area contributed by atoms with Crippen LogP contribution in [0, 0.1) is 0 Å². The molecule has 0 N–H and O–H groups in total. The van der Waals surface area contributed by atoms with Crippen LogP contribution in [-0.4, -0.2) is 102 Å². The standard InChI is InChI=1S/C25H28FN9O4S/c1-38-20-6-2-5-19-22(20)28-21(16-26)35(19)25-30-23(29-24(31-25)33-12-14-39-15-13-33)32-8-10-34(11-9-32)40(36,37)18-4-3-7-27-17-18/h2-7,17H,8-16H2,1H3. The molecule has 0 saturated carbocycles. The van der Waals surface area contributed by atoms with E-state index < -0.39 is 16.7 Å². The van der Waals surface area contributed by atoms with Gasteiger partial charge < -0.3 is 19.3 Å². The fourth-order valence-electron chi connectivity index (χ4n) is 4.87. The smallest absolute Gasteiger partial charge is 0.244 e. The number of hydrogen-bond acceptors (Lipinski definition) is 11. The van der Waals surface area contributed by atoms with Crippen LogP contribution in [0.3, 0.4) is 0 Å². The molecule has 2 saturated heterocycles. The van der Waals surface area contributed by atoms with Gasteiger partial charge in [0.2, 0.25) is 27.9 Å². The number of rotatable bonds is 7. The number of hydrogen-bond donors (Lipinski definition) is 0. The minimum atomic E-state index is -3.67. The molecule has 0 amide bonds. The molecule has 5 heterocycles. The summed E-state index contributed by atoms with van der Waals surface area (Å²) >= 11 is 0. The lowest BCUT2D eigenvalue weighted by Gasteiger charge is -2.34. The van der Waals surface area contributed by atoms with Gasteiger partial charge in [0.05, 0.1) is 25.8 Å². The van der Waals surface area contributed by atoms with Crippen LogP contribution in [0.15, 0.2) is 47.6 Å². The van der Waals surface area contributed by atoms with Crippen molar-refractivity contribution in [3.05, 3.63) is 48.5 Å². The average molecular weight is 570 g/mol. The largest absolute Gasteiger partial charge is 0.494 e. The highest BCUT2D eigenvalue weighted by molar-refractivity contribution is 7.89. The SMILES string of the molecule is COc1cccc2c1nc(CF)n2-c1nc(N2CCOCC2)nc(N2CCN(S(=O)(=O)c3cccnc3)CC2)n1. The zero-order chi connectivity index (χ0) is 27.7. The number of methoxy groups -OCH3 is 1. The maximum atomic E-state index is 14.3. The first-order valence-corrected chi connectivity index (χ1v) is 14.3. The van der Waals surface area contributed by atoms with E-state index in [1.807, 2.05) is 15.9 Å². The minimum Gasteiger partial charge on any atom is -0.494 e. The van der Waals surface area contributed by atoms with Crippen molar-refractivity contribution in [2.24, 2.45) is 0 Å². The number of sulfonamides is 1. The number of anilines is 2. The molecule has 3 aromatic heterocycles. The molecule has 15 heteroatoms. The fraction of sp³-hybridized carbons (Fsp3) is 0.400. The number of benzene rings is 1. The summed E-state index contributed by atoms with van der Waals surface area (Å²) in [6.07, 6.45) is 2.89. The topological polar surface area (TPSA) is 132 Å². The van der Waals surface area contributed by atoms with Crippen LogP contribution in [0.4, 0.5) is 16.3 Å². The molecule has 13 nitrogen and oxygen atoms in total. The highest BCUT2D eigenvalue weighted by Gasteiger charge is 2.31. The first-order valence-electron chi connectivity index (χ1n) is 12.8. The molecule has 0 bridgehead atoms. The Morgan fingerprint density at radius 1 is 0.900 bits per heavy atom. The second-order valence-electron chi connectivity index (χ2n) is 9.24. The summed E-state index contributed by atoms with van der Waals surface area (Å²) < 4.78 is 54.4. The number of imidazole rings is 1. The molecule has 0 aliphatic carbocycles. The first-order chi connectivity index (χ1) is 19.5. The van der Waals surface area contributed by atoms with Crippen molar-refractivity contribution in [1.29, 1.82) is 0 Å². The number of fused-ring (bicyclic) bond motifs is 1. The fourth-order valence-corrected chi connectivity index (χ4v) is 6.25. The van der Waals surface area contributed by atoms with Crippen LogP contribution in [0.2, 0.25) is 0 Å². The van der Waals surface area contributed by atoms with Crippen molar-refractivity contribution in [3.63, 3.8) is 0 Å². The molecule has 210 valence electrons. The molecule has 2 aliphatic rings. The highest BCUT2D eigenvalue weighted by Crippen LogP contribution is 2.29. The van der Waals surface area contributed by atoms with E-state index in [0.29, 0.717) is 68.1 Å². The van der Waals surface area contributed by atoms with E-state index in [9.17, 15) is 12.8 Å². The quantitative estimate of drug-likeness (QED) is 0.320. The van der Waals surface area contributed by atoms with Gasteiger partial charge in [0.1, 0.15) is 28.7 Å². The number of piperazine rings is 1. The number of para-hydroxylation sites is 1. The van der Waals surface area contributed by atoms with Gasteiger partial charge >= 0.3 is 0 Å². The van der Waals surface area contributed by atoms with E-state index in [0.717, 1.165) is 0 Å². The summed E-state index contributed by atoms with van der Waals surface area (Å²) in [6, 6.07) is 8.51. The predicted octanol–water partition coefficient (Wildman–Crippen LogP) is 1.43. The van der Waals surface area contributed by atoms with E-state index in [1.54, 1.807) is 22.8 Å². The van der Waals surface area contributed by atoms with Crippen molar-refractivity contribution in [1.82, 2.24) is 33.8 Å². The number of ether oxygens (including phenoxy) is 2. The second-order valence-corrected chi connectivity index (χ2v) is 11.2. The normalized spacial score (nSPS) is 16.9. The Balaban J connectivity index is 1.37. The minimum absolute atomic E-state index is 0.136. The van der Waals surface area contributed by atoms with Crippen LogP contribution < -0.4 is 14.5 Å². The van der Waals surface area contributed by atoms with E-state index in [1.165, 1.54) is 29.9 Å². The van der Waals surface area contributed by atoms with Crippen LogP contribution in [0.1, 0.15) is 5.82 Å². The summed E-state index contributed by atoms with van der Waals surface area (Å²) in [5, 5.41) is 0. The van der Waals surface area contributed by atoms with Crippen molar-refractivity contribution in [3.8, 4) is 11.7 Å². The zero-order valence-electron chi connectivity index (χ0n) is 21.8. The van der Waals surface area contributed by atoms with E-state index in [-0.39, 0.29) is 29.8 Å². The van der Waals surface area contributed by atoms with Crippen molar-refractivity contribution in [2.45, 2.75) is 11.6 Å². The third kappa shape index (κ3) is 4.80. The van der Waals surface area contributed by atoms with Gasteiger partial charge in [0.15, 0.2) is 0 Å². The molecule has 40 heavy (non-hydrogen) atoms. The maximum absolute atomic E-state index is 14.3. The molecule has 2 aliphatic heterocycles. The van der Waals surface area contributed by atoms with Gasteiger partial charge in [-0.2, -0.15) is 19.3 Å². The number of alkyl halides is 1. The molecule has 0 spiro atoms. The maximum Gasteiger partial charge on any atom is 0.244 e. The number of aromatic nitrogens is 6. The second kappa shape index (κ2) is 10.9. The van der Waals surface area contributed by atoms with Gasteiger partial charge in [-0.1, -0.05) is 6.07 Å². The molecule has 4 aromatic rings. The summed E-state index contributed by atoms with van der Waals surface area (Å²) in [4.78, 5) is 26.7. The summed E-state index contributed by atoms with van der Waals surface area (Å²) in [6.45, 7) is 2.61. The lowest BCUT2D eigenvalue weighted by Crippen LogP contribution is -2.49. The third-order valence-electron chi connectivity index (χ3n) is 6.94. The average Bonchev–Trinajstić information content (AvgIpc) is 3.41. The Hall–Kier alpha value is -3.95.